The van der Waals surface area contributed by atoms with Crippen molar-refractivity contribution in [3.63, 3.8) is 0 Å². The van der Waals surface area contributed by atoms with E-state index in [1.807, 2.05) is 13.8 Å². The van der Waals surface area contributed by atoms with Gasteiger partial charge in [-0.15, -0.1) is 0 Å². The summed E-state index contributed by atoms with van der Waals surface area (Å²) in [6.45, 7) is 3.81. The summed E-state index contributed by atoms with van der Waals surface area (Å²) in [7, 11) is 0. The van der Waals surface area contributed by atoms with Crippen molar-refractivity contribution >= 4 is 5.84 Å². The highest BCUT2D eigenvalue weighted by Crippen LogP contribution is 2.22. The summed E-state index contributed by atoms with van der Waals surface area (Å²) in [5, 5.41) is 11.4. The molecule has 0 spiro atoms. The minimum atomic E-state index is -0.573. The van der Waals surface area contributed by atoms with Gasteiger partial charge in [0.2, 0.25) is 0 Å². The Morgan fingerprint density at radius 3 is 2.88 bits per heavy atom. The molecule has 0 aliphatic carbocycles. The van der Waals surface area contributed by atoms with Crippen molar-refractivity contribution in [1.29, 1.82) is 0 Å². The van der Waals surface area contributed by atoms with E-state index in [0.717, 1.165) is 6.42 Å². The van der Waals surface area contributed by atoms with Crippen LogP contribution < -0.4 is 10.5 Å². The lowest BCUT2D eigenvalue weighted by Crippen LogP contribution is -2.19. The van der Waals surface area contributed by atoms with Crippen molar-refractivity contribution in [2.24, 2.45) is 10.9 Å². The van der Waals surface area contributed by atoms with E-state index in [9.17, 15) is 4.39 Å². The van der Waals surface area contributed by atoms with Crippen molar-refractivity contribution < 1.29 is 14.3 Å². The maximum absolute atomic E-state index is 13.5. The number of rotatable bonds is 4. The second kappa shape index (κ2) is 5.34. The number of hydrogen-bond acceptors (Lipinski definition) is 3. The highest BCUT2D eigenvalue weighted by molar-refractivity contribution is 5.99. The van der Waals surface area contributed by atoms with Crippen LogP contribution >= 0.6 is 0 Å². The molecule has 0 radical (unpaired) electrons. The number of nitrogens with two attached hydrogens (primary N) is 1. The Kier molecular flexibility index (Phi) is 4.10. The van der Waals surface area contributed by atoms with E-state index in [-0.39, 0.29) is 23.3 Å². The van der Waals surface area contributed by atoms with Crippen LogP contribution in [0.3, 0.4) is 0 Å². The van der Waals surface area contributed by atoms with Gasteiger partial charge < -0.3 is 15.7 Å². The van der Waals surface area contributed by atoms with Crippen molar-refractivity contribution in [3.05, 3.63) is 29.6 Å². The molecule has 0 aliphatic heterocycles. The Morgan fingerprint density at radius 1 is 1.62 bits per heavy atom. The van der Waals surface area contributed by atoms with Crippen LogP contribution in [-0.2, 0) is 0 Å². The van der Waals surface area contributed by atoms with Crippen molar-refractivity contribution in [2.45, 2.75) is 26.4 Å². The van der Waals surface area contributed by atoms with E-state index in [1.165, 1.54) is 12.1 Å². The fourth-order valence-electron chi connectivity index (χ4n) is 1.20. The molecule has 4 nitrogen and oxygen atoms in total. The SMILES string of the molecule is CCC(C)Oc1cccc(F)c1/C(N)=N/O. The highest BCUT2D eigenvalue weighted by Gasteiger charge is 2.15. The summed E-state index contributed by atoms with van der Waals surface area (Å²) in [5.41, 5.74) is 5.38. The van der Waals surface area contributed by atoms with E-state index in [0.29, 0.717) is 0 Å². The monoisotopic (exact) mass is 226 g/mol. The minimum Gasteiger partial charge on any atom is -0.490 e. The number of ether oxygens (including phenoxy) is 1. The zero-order chi connectivity index (χ0) is 12.1. The Balaban J connectivity index is 3.13. The van der Waals surface area contributed by atoms with Gasteiger partial charge in [-0.25, -0.2) is 4.39 Å². The summed E-state index contributed by atoms with van der Waals surface area (Å²) >= 11 is 0. The first-order chi connectivity index (χ1) is 7.60. The molecule has 0 bridgehead atoms. The fraction of sp³-hybridized carbons (Fsp3) is 0.364. The molecule has 0 heterocycles. The summed E-state index contributed by atoms with van der Waals surface area (Å²) in [6.07, 6.45) is 0.721. The molecule has 1 unspecified atom stereocenters. The number of halogens is 1. The molecule has 1 atom stereocenters. The van der Waals surface area contributed by atoms with Crippen LogP contribution in [0.4, 0.5) is 4.39 Å². The molecular formula is C11H15FN2O2. The predicted molar refractivity (Wildman–Crippen MR) is 59.3 cm³/mol. The van der Waals surface area contributed by atoms with Crippen molar-refractivity contribution in [1.82, 2.24) is 0 Å². The molecular weight excluding hydrogens is 211 g/mol. The minimum absolute atomic E-state index is 0.00898. The number of hydrogen-bond donors (Lipinski definition) is 2. The van der Waals surface area contributed by atoms with Crippen LogP contribution in [0.1, 0.15) is 25.8 Å². The lowest BCUT2D eigenvalue weighted by molar-refractivity contribution is 0.216. The molecule has 0 saturated heterocycles. The molecule has 88 valence electrons. The maximum atomic E-state index is 13.5. The van der Waals surface area contributed by atoms with E-state index in [2.05, 4.69) is 5.16 Å². The third-order valence-corrected chi connectivity index (χ3v) is 2.24. The average molecular weight is 226 g/mol. The molecule has 5 heteroatoms. The van der Waals surface area contributed by atoms with Gasteiger partial charge in [-0.2, -0.15) is 0 Å². The molecule has 3 N–H and O–H groups in total. The third-order valence-electron chi connectivity index (χ3n) is 2.24. The van der Waals surface area contributed by atoms with Crippen LogP contribution in [0, 0.1) is 5.82 Å². The average Bonchev–Trinajstić information content (AvgIpc) is 2.28. The van der Waals surface area contributed by atoms with Gasteiger partial charge in [0.25, 0.3) is 0 Å². The van der Waals surface area contributed by atoms with Crippen LogP contribution in [0.2, 0.25) is 0 Å². The van der Waals surface area contributed by atoms with Gasteiger partial charge in [0.15, 0.2) is 5.84 Å². The second-order valence-electron chi connectivity index (χ2n) is 3.43. The Morgan fingerprint density at radius 2 is 2.31 bits per heavy atom. The van der Waals surface area contributed by atoms with Gasteiger partial charge in [-0.05, 0) is 25.5 Å². The van der Waals surface area contributed by atoms with E-state index >= 15 is 0 Å². The highest BCUT2D eigenvalue weighted by atomic mass is 19.1. The molecule has 1 aromatic rings. The molecule has 0 fully saturated rings. The first kappa shape index (κ1) is 12.3. The smallest absolute Gasteiger partial charge is 0.176 e. The number of nitrogens with zero attached hydrogens (tertiary/aromatic N) is 1. The molecule has 1 rings (SSSR count). The van der Waals surface area contributed by atoms with Crippen molar-refractivity contribution in [3.8, 4) is 5.75 Å². The van der Waals surface area contributed by atoms with E-state index < -0.39 is 5.82 Å². The van der Waals surface area contributed by atoms with Gasteiger partial charge >= 0.3 is 0 Å². The van der Waals surface area contributed by atoms with Crippen LogP contribution in [0.15, 0.2) is 23.4 Å². The number of amidine groups is 1. The first-order valence-electron chi connectivity index (χ1n) is 5.03. The molecule has 0 amide bonds. The lowest BCUT2D eigenvalue weighted by atomic mass is 10.1. The molecule has 16 heavy (non-hydrogen) atoms. The summed E-state index contributed by atoms with van der Waals surface area (Å²) in [5.74, 6) is -0.586. The summed E-state index contributed by atoms with van der Waals surface area (Å²) in [6, 6.07) is 4.33. The maximum Gasteiger partial charge on any atom is 0.176 e. The molecule has 0 aliphatic rings. The predicted octanol–water partition coefficient (Wildman–Crippen LogP) is 2.10. The molecule has 0 saturated carbocycles. The van der Waals surface area contributed by atoms with Crippen LogP contribution in [-0.4, -0.2) is 17.1 Å². The Bertz CT molecular complexity index is 394. The molecule has 1 aromatic carbocycles. The summed E-state index contributed by atoms with van der Waals surface area (Å²) in [4.78, 5) is 0. The largest absolute Gasteiger partial charge is 0.490 e. The standard InChI is InChI=1S/C11H15FN2O2/c1-3-7(2)16-9-6-4-5-8(12)10(9)11(13)14-15/h4-7,15H,3H2,1-2H3,(H2,13,14). The normalized spacial score (nSPS) is 13.6. The Labute approximate surface area is 93.5 Å². The fourth-order valence-corrected chi connectivity index (χ4v) is 1.20. The van der Waals surface area contributed by atoms with Gasteiger partial charge in [0, 0.05) is 0 Å². The van der Waals surface area contributed by atoms with Gasteiger partial charge in [-0.1, -0.05) is 18.1 Å². The number of oxime groups is 1. The van der Waals surface area contributed by atoms with Gasteiger partial charge in [0.05, 0.1) is 11.7 Å². The zero-order valence-corrected chi connectivity index (χ0v) is 9.27. The van der Waals surface area contributed by atoms with E-state index in [1.54, 1.807) is 6.07 Å². The third kappa shape index (κ3) is 2.62. The Hall–Kier alpha value is -1.78. The van der Waals surface area contributed by atoms with Crippen molar-refractivity contribution in [2.75, 3.05) is 0 Å². The quantitative estimate of drug-likeness (QED) is 0.357. The second-order valence-corrected chi connectivity index (χ2v) is 3.43. The van der Waals surface area contributed by atoms with Crippen LogP contribution in [0.25, 0.3) is 0 Å². The number of benzene rings is 1. The first-order valence-corrected chi connectivity index (χ1v) is 5.03. The van der Waals surface area contributed by atoms with E-state index in [4.69, 9.17) is 15.7 Å². The van der Waals surface area contributed by atoms with Gasteiger partial charge in [0.1, 0.15) is 11.6 Å². The lowest BCUT2D eigenvalue weighted by Gasteiger charge is -2.15. The topological polar surface area (TPSA) is 67.8 Å². The zero-order valence-electron chi connectivity index (χ0n) is 9.27. The van der Waals surface area contributed by atoms with Gasteiger partial charge in [-0.3, -0.25) is 0 Å². The molecule has 0 aromatic heterocycles. The summed E-state index contributed by atoms with van der Waals surface area (Å²) < 4.78 is 19.0. The van der Waals surface area contributed by atoms with Crippen LogP contribution in [0.5, 0.6) is 5.75 Å².